The lowest BCUT2D eigenvalue weighted by Crippen LogP contribution is -1.95. The molecule has 5 nitrogen and oxygen atoms in total. The van der Waals surface area contributed by atoms with Crippen molar-refractivity contribution in [1.29, 1.82) is 0 Å². The van der Waals surface area contributed by atoms with Crippen LogP contribution in [0.2, 0.25) is 0 Å². The number of aromatic hydroxyl groups is 1. The number of phenolic OH excluding ortho intramolecular Hbond substituents is 1. The number of carbonyl (C=O) groups is 1. The van der Waals surface area contributed by atoms with Gasteiger partial charge in [0.1, 0.15) is 5.75 Å². The summed E-state index contributed by atoms with van der Waals surface area (Å²) in [5, 5.41) is 24.8. The predicted molar refractivity (Wildman–Crippen MR) is 44.7 cm³/mol. The van der Waals surface area contributed by atoms with Gasteiger partial charge in [-0.15, -0.1) is 0 Å². The molecule has 1 aromatic heterocycles. The van der Waals surface area contributed by atoms with Crippen molar-refractivity contribution in [1.82, 2.24) is 10.2 Å². The number of aromatic nitrogens is 2. The first-order valence-electron chi connectivity index (χ1n) is 3.58. The molecule has 0 aliphatic carbocycles. The SMILES string of the molecule is O=C(O)c1cc(O)c2cn[nH]c2c1. The van der Waals surface area contributed by atoms with E-state index in [9.17, 15) is 9.90 Å². The molecule has 66 valence electrons. The monoisotopic (exact) mass is 178 g/mol. The van der Waals surface area contributed by atoms with Crippen molar-refractivity contribution >= 4 is 16.9 Å². The van der Waals surface area contributed by atoms with E-state index in [1.165, 1.54) is 18.3 Å². The summed E-state index contributed by atoms with van der Waals surface area (Å²) in [6.45, 7) is 0. The van der Waals surface area contributed by atoms with Gasteiger partial charge in [-0.05, 0) is 12.1 Å². The number of hydrogen-bond acceptors (Lipinski definition) is 3. The fraction of sp³-hybridized carbons (Fsp3) is 0. The molecule has 2 rings (SSSR count). The number of nitrogens with one attached hydrogen (secondary N) is 1. The zero-order valence-electron chi connectivity index (χ0n) is 6.48. The van der Waals surface area contributed by atoms with Crippen LogP contribution in [0.15, 0.2) is 18.3 Å². The van der Waals surface area contributed by atoms with E-state index >= 15 is 0 Å². The zero-order chi connectivity index (χ0) is 9.42. The predicted octanol–water partition coefficient (Wildman–Crippen LogP) is 0.967. The first kappa shape index (κ1) is 7.60. The maximum absolute atomic E-state index is 10.6. The van der Waals surface area contributed by atoms with Gasteiger partial charge < -0.3 is 10.2 Å². The van der Waals surface area contributed by atoms with Crippen molar-refractivity contribution < 1.29 is 15.0 Å². The van der Waals surface area contributed by atoms with Crippen molar-refractivity contribution in [3.05, 3.63) is 23.9 Å². The number of carboxylic acids is 1. The molecule has 0 spiro atoms. The van der Waals surface area contributed by atoms with Crippen LogP contribution in [0.1, 0.15) is 10.4 Å². The molecule has 3 N–H and O–H groups in total. The minimum absolute atomic E-state index is 0.0363. The van der Waals surface area contributed by atoms with Crippen LogP contribution < -0.4 is 0 Å². The van der Waals surface area contributed by atoms with E-state index in [-0.39, 0.29) is 11.3 Å². The van der Waals surface area contributed by atoms with Crippen LogP contribution in [0.4, 0.5) is 0 Å². The number of aromatic amines is 1. The number of phenols is 1. The summed E-state index contributed by atoms with van der Waals surface area (Å²) in [6.07, 6.45) is 1.44. The molecule has 0 bridgehead atoms. The number of rotatable bonds is 1. The van der Waals surface area contributed by atoms with Crippen molar-refractivity contribution in [2.75, 3.05) is 0 Å². The van der Waals surface area contributed by atoms with Gasteiger partial charge in [0.05, 0.1) is 22.7 Å². The molecule has 0 fully saturated rings. The lowest BCUT2D eigenvalue weighted by molar-refractivity contribution is 0.0696. The molecule has 0 radical (unpaired) electrons. The number of hydrogen-bond donors (Lipinski definition) is 3. The standard InChI is InChI=1S/C8H6N2O3/c11-7-2-4(8(12)13)1-6-5(7)3-9-10-6/h1-3,11H,(H,9,10)(H,12,13). The van der Waals surface area contributed by atoms with Crippen molar-refractivity contribution in [3.8, 4) is 5.75 Å². The number of fused-ring (bicyclic) bond motifs is 1. The maximum atomic E-state index is 10.6. The lowest BCUT2D eigenvalue weighted by atomic mass is 10.1. The minimum atomic E-state index is -1.08. The molecule has 0 saturated carbocycles. The third kappa shape index (κ3) is 1.10. The molecular weight excluding hydrogens is 172 g/mol. The van der Waals surface area contributed by atoms with Crippen molar-refractivity contribution in [2.45, 2.75) is 0 Å². The Bertz CT molecular complexity index is 475. The number of benzene rings is 1. The van der Waals surface area contributed by atoms with E-state index in [4.69, 9.17) is 5.11 Å². The van der Waals surface area contributed by atoms with Gasteiger partial charge in [0.2, 0.25) is 0 Å². The highest BCUT2D eigenvalue weighted by Crippen LogP contribution is 2.24. The molecule has 2 aromatic rings. The van der Waals surface area contributed by atoms with Gasteiger partial charge in [-0.1, -0.05) is 0 Å². The third-order valence-corrected chi connectivity index (χ3v) is 1.78. The zero-order valence-corrected chi connectivity index (χ0v) is 6.48. The molecule has 1 aromatic carbocycles. The maximum Gasteiger partial charge on any atom is 0.335 e. The Labute approximate surface area is 72.6 Å². The van der Waals surface area contributed by atoms with Gasteiger partial charge in [0.25, 0.3) is 0 Å². The summed E-state index contributed by atoms with van der Waals surface area (Å²) < 4.78 is 0. The summed E-state index contributed by atoms with van der Waals surface area (Å²) in [5.41, 5.74) is 0.548. The second kappa shape index (κ2) is 2.48. The van der Waals surface area contributed by atoms with E-state index in [0.29, 0.717) is 10.9 Å². The minimum Gasteiger partial charge on any atom is -0.507 e. The molecular formula is C8H6N2O3. The van der Waals surface area contributed by atoms with Crippen LogP contribution in [0.5, 0.6) is 5.75 Å². The quantitative estimate of drug-likeness (QED) is 0.607. The van der Waals surface area contributed by atoms with E-state index < -0.39 is 5.97 Å². The van der Waals surface area contributed by atoms with E-state index in [1.54, 1.807) is 0 Å². The molecule has 0 unspecified atom stereocenters. The highest BCUT2D eigenvalue weighted by molar-refractivity contribution is 5.95. The van der Waals surface area contributed by atoms with Gasteiger partial charge in [0.15, 0.2) is 0 Å². The van der Waals surface area contributed by atoms with Gasteiger partial charge in [0, 0.05) is 0 Å². The average Bonchev–Trinajstić information content (AvgIpc) is 2.51. The van der Waals surface area contributed by atoms with Gasteiger partial charge in [-0.3, -0.25) is 5.10 Å². The topological polar surface area (TPSA) is 86.2 Å². The van der Waals surface area contributed by atoms with Crippen LogP contribution in [-0.4, -0.2) is 26.4 Å². The molecule has 1 heterocycles. The largest absolute Gasteiger partial charge is 0.507 e. The molecule has 0 saturated heterocycles. The fourth-order valence-electron chi connectivity index (χ4n) is 1.16. The lowest BCUT2D eigenvalue weighted by Gasteiger charge is -1.97. The highest BCUT2D eigenvalue weighted by Gasteiger charge is 2.08. The summed E-state index contributed by atoms with van der Waals surface area (Å²) >= 11 is 0. The molecule has 0 aliphatic heterocycles. The number of H-pyrrole nitrogens is 1. The summed E-state index contributed by atoms with van der Waals surface area (Å²) in [4.78, 5) is 10.6. The molecule has 0 aliphatic rings. The smallest absolute Gasteiger partial charge is 0.335 e. The van der Waals surface area contributed by atoms with E-state index in [2.05, 4.69) is 10.2 Å². The van der Waals surface area contributed by atoms with Crippen molar-refractivity contribution in [2.24, 2.45) is 0 Å². The number of carboxylic acid groups (broad SMARTS) is 1. The summed E-state index contributed by atoms with van der Waals surface area (Å²) in [6, 6.07) is 2.62. The van der Waals surface area contributed by atoms with Crippen molar-refractivity contribution in [3.63, 3.8) is 0 Å². The first-order chi connectivity index (χ1) is 6.18. The molecule has 13 heavy (non-hydrogen) atoms. The third-order valence-electron chi connectivity index (χ3n) is 1.78. The number of nitrogens with zero attached hydrogens (tertiary/aromatic N) is 1. The Balaban J connectivity index is 2.77. The van der Waals surface area contributed by atoms with Crippen LogP contribution in [0.3, 0.4) is 0 Å². The number of aromatic carboxylic acids is 1. The Morgan fingerprint density at radius 2 is 2.23 bits per heavy atom. The summed E-state index contributed by atoms with van der Waals surface area (Å²) in [7, 11) is 0. The Morgan fingerprint density at radius 3 is 2.92 bits per heavy atom. The first-order valence-corrected chi connectivity index (χ1v) is 3.58. The second-order valence-corrected chi connectivity index (χ2v) is 2.63. The van der Waals surface area contributed by atoms with Gasteiger partial charge in [-0.25, -0.2) is 4.79 Å². The Hall–Kier alpha value is -2.04. The van der Waals surface area contributed by atoms with E-state index in [1.807, 2.05) is 0 Å². The Kier molecular flexibility index (Phi) is 1.45. The van der Waals surface area contributed by atoms with Crippen LogP contribution in [-0.2, 0) is 0 Å². The van der Waals surface area contributed by atoms with E-state index in [0.717, 1.165) is 0 Å². The fourth-order valence-corrected chi connectivity index (χ4v) is 1.16. The highest BCUT2D eigenvalue weighted by atomic mass is 16.4. The Morgan fingerprint density at radius 1 is 1.46 bits per heavy atom. The molecule has 5 heteroatoms. The molecule has 0 atom stereocenters. The normalized spacial score (nSPS) is 10.5. The average molecular weight is 178 g/mol. The summed E-state index contributed by atoms with van der Waals surface area (Å²) in [5.74, 6) is -1.16. The van der Waals surface area contributed by atoms with Crippen LogP contribution in [0, 0.1) is 0 Å². The van der Waals surface area contributed by atoms with Gasteiger partial charge in [-0.2, -0.15) is 5.10 Å². The van der Waals surface area contributed by atoms with Crippen LogP contribution in [0.25, 0.3) is 10.9 Å². The second-order valence-electron chi connectivity index (χ2n) is 2.63. The van der Waals surface area contributed by atoms with Crippen LogP contribution >= 0.6 is 0 Å². The molecule has 0 amide bonds. The van der Waals surface area contributed by atoms with Gasteiger partial charge >= 0.3 is 5.97 Å².